The van der Waals surface area contributed by atoms with Gasteiger partial charge < -0.3 is 17.3 Å². The Balaban J connectivity index is 0.000000808. The molecule has 0 aliphatic carbocycles. The van der Waals surface area contributed by atoms with Gasteiger partial charge in [0.1, 0.15) is 0 Å². The van der Waals surface area contributed by atoms with Crippen molar-refractivity contribution >= 4 is 13.6 Å². The molecule has 1 aliphatic rings. The highest BCUT2D eigenvalue weighted by molar-refractivity contribution is 6.50. The van der Waals surface area contributed by atoms with E-state index >= 15 is 0 Å². The quantitative estimate of drug-likeness (QED) is 0.0799. The van der Waals surface area contributed by atoms with Crippen molar-refractivity contribution in [2.24, 2.45) is 0 Å². The molecule has 0 saturated heterocycles. The molecule has 6 aromatic rings. The van der Waals surface area contributed by atoms with Crippen LogP contribution in [0.15, 0.2) is 182 Å². The van der Waals surface area contributed by atoms with Gasteiger partial charge >= 0.3 is 7.25 Å². The Kier molecular flexibility index (Phi) is 11.2. The minimum absolute atomic E-state index is 0.149. The average molecular weight is 671 g/mol. The third-order valence-electron chi connectivity index (χ3n) is 9.19. The van der Waals surface area contributed by atoms with Gasteiger partial charge in [0.25, 0.3) is 0 Å². The second-order valence-corrected chi connectivity index (χ2v) is 12.5. The smallest absolute Gasteiger partial charge is 0.418 e. The Morgan fingerprint density at radius 2 is 0.780 bits per heavy atom. The van der Waals surface area contributed by atoms with Crippen LogP contribution >= 0.6 is 0 Å². The molecule has 7 heteroatoms. The molecule has 6 aromatic carbocycles. The minimum Gasteiger partial charge on any atom is -0.418 e. The van der Waals surface area contributed by atoms with Crippen molar-refractivity contribution in [3.63, 3.8) is 0 Å². The van der Waals surface area contributed by atoms with E-state index in [1.807, 2.05) is 0 Å². The largest absolute Gasteiger partial charge is 0.673 e. The van der Waals surface area contributed by atoms with Crippen LogP contribution in [0.5, 0.6) is 0 Å². The molecule has 0 bridgehead atoms. The van der Waals surface area contributed by atoms with Crippen LogP contribution in [0, 0.1) is 0 Å². The maximum atomic E-state index is 9.75. The molecule has 50 heavy (non-hydrogen) atoms. The summed E-state index contributed by atoms with van der Waals surface area (Å²) in [5, 5.41) is 0. The highest BCUT2D eigenvalue weighted by Crippen LogP contribution is 2.43. The van der Waals surface area contributed by atoms with E-state index < -0.39 is 7.25 Å². The Labute approximate surface area is 292 Å². The lowest BCUT2D eigenvalue weighted by atomic mass is 9.87. The third kappa shape index (κ3) is 8.97. The predicted molar refractivity (Wildman–Crippen MR) is 196 cm³/mol. The van der Waals surface area contributed by atoms with E-state index in [2.05, 4.69) is 198 Å². The number of rotatable bonds is 10. The van der Waals surface area contributed by atoms with Gasteiger partial charge in [-0.2, -0.15) is 0 Å². The summed E-state index contributed by atoms with van der Waals surface area (Å²) < 4.78 is 41.6. The fourth-order valence-corrected chi connectivity index (χ4v) is 7.04. The second-order valence-electron chi connectivity index (χ2n) is 12.5. The molecule has 1 heterocycles. The van der Waals surface area contributed by atoms with E-state index in [0.29, 0.717) is 0 Å². The summed E-state index contributed by atoms with van der Waals surface area (Å²) >= 11 is 0. The molecule has 0 fully saturated rings. The lowest BCUT2D eigenvalue weighted by Crippen LogP contribution is -2.31. The molecule has 252 valence electrons. The van der Waals surface area contributed by atoms with Crippen molar-refractivity contribution < 1.29 is 21.8 Å². The van der Waals surface area contributed by atoms with Gasteiger partial charge in [-0.05, 0) is 22.3 Å². The van der Waals surface area contributed by atoms with Crippen LogP contribution in [-0.2, 0) is 0 Å². The second kappa shape index (κ2) is 16.3. The SMILES string of the molecule is C1=[N+](CC(c2ccccc2)c2ccccc2)C(c2ccccc2)C(c2ccccc2)N1CC(c1ccccc1)c1ccccc1.F[B-](F)(F)F. The number of halogens is 4. The van der Waals surface area contributed by atoms with Crippen molar-refractivity contribution in [1.29, 1.82) is 0 Å². The normalized spacial score (nSPS) is 15.8. The monoisotopic (exact) mass is 670 g/mol. The Morgan fingerprint density at radius 3 is 1.16 bits per heavy atom. The zero-order chi connectivity index (χ0) is 34.8. The van der Waals surface area contributed by atoms with E-state index in [1.165, 1.54) is 33.4 Å². The van der Waals surface area contributed by atoms with E-state index in [0.717, 1.165) is 13.1 Å². The van der Waals surface area contributed by atoms with Crippen LogP contribution in [0.3, 0.4) is 0 Å². The maximum Gasteiger partial charge on any atom is 0.673 e. The Bertz CT molecular complexity index is 1820. The standard InChI is InChI=1S/C43H39N2.BF4/c1-7-19-34(20-8-1)40(35-21-9-2-10-22-35)31-44-33-45(32-41(36-23-11-3-12-24-36)37-25-13-4-14-26-37)43(39-29-17-6-18-30-39)42(44)38-27-15-5-16-28-38;2-1(3,4)5/h1-30,33,40-43H,31-32H2;/q+1;-1. The zero-order valence-electron chi connectivity index (χ0n) is 27.6. The maximum absolute atomic E-state index is 9.75. The molecule has 2 atom stereocenters. The van der Waals surface area contributed by atoms with Gasteiger partial charge in [0, 0.05) is 23.0 Å². The minimum atomic E-state index is -6.00. The van der Waals surface area contributed by atoms with Crippen molar-refractivity contribution in [2.45, 2.75) is 23.9 Å². The number of nitrogens with zero attached hydrogens (tertiary/aromatic N) is 2. The zero-order valence-corrected chi connectivity index (χ0v) is 27.6. The van der Waals surface area contributed by atoms with Crippen LogP contribution in [0.1, 0.15) is 57.3 Å². The van der Waals surface area contributed by atoms with Gasteiger partial charge in [-0.25, -0.2) is 0 Å². The number of benzene rings is 6. The molecule has 0 N–H and O–H groups in total. The van der Waals surface area contributed by atoms with Crippen LogP contribution < -0.4 is 0 Å². The molecule has 2 nitrogen and oxygen atoms in total. The van der Waals surface area contributed by atoms with Crippen LogP contribution in [-0.4, -0.2) is 36.2 Å². The highest BCUT2D eigenvalue weighted by atomic mass is 19.5. The molecule has 1 aliphatic heterocycles. The Hall–Kier alpha value is -5.43. The molecule has 0 aromatic heterocycles. The van der Waals surface area contributed by atoms with Crippen LogP contribution in [0.4, 0.5) is 17.3 Å². The molecule has 0 saturated carbocycles. The molecule has 0 amide bonds. The number of hydrogen-bond donors (Lipinski definition) is 0. The summed E-state index contributed by atoms with van der Waals surface area (Å²) in [5.41, 5.74) is 8.02. The Morgan fingerprint density at radius 1 is 0.460 bits per heavy atom. The topological polar surface area (TPSA) is 6.25 Å². The first-order chi connectivity index (χ1) is 24.3. The van der Waals surface area contributed by atoms with Crippen LogP contribution in [0.25, 0.3) is 0 Å². The lowest BCUT2D eigenvalue weighted by Gasteiger charge is -2.28. The summed E-state index contributed by atoms with van der Waals surface area (Å²) in [6.45, 7) is 1.74. The van der Waals surface area contributed by atoms with Gasteiger partial charge in [-0.3, -0.25) is 9.48 Å². The summed E-state index contributed by atoms with van der Waals surface area (Å²) in [6, 6.07) is 66.4. The van der Waals surface area contributed by atoms with Crippen molar-refractivity contribution in [3.05, 3.63) is 215 Å². The molecule has 2 unspecified atom stereocenters. The first-order valence-corrected chi connectivity index (χ1v) is 16.9. The number of hydrogen-bond acceptors (Lipinski definition) is 1. The molecule has 7 rings (SSSR count). The highest BCUT2D eigenvalue weighted by Gasteiger charge is 2.45. The summed E-state index contributed by atoms with van der Waals surface area (Å²) in [4.78, 5) is 2.62. The predicted octanol–water partition coefficient (Wildman–Crippen LogP) is 10.8. The summed E-state index contributed by atoms with van der Waals surface area (Å²) in [5.74, 6) is 0.454. The van der Waals surface area contributed by atoms with Gasteiger partial charge in [-0.15, -0.1) is 0 Å². The molecule has 0 radical (unpaired) electrons. The van der Waals surface area contributed by atoms with E-state index in [4.69, 9.17) is 0 Å². The van der Waals surface area contributed by atoms with E-state index in [9.17, 15) is 17.3 Å². The van der Waals surface area contributed by atoms with Gasteiger partial charge in [0.05, 0.1) is 13.1 Å². The van der Waals surface area contributed by atoms with Crippen molar-refractivity contribution in [3.8, 4) is 0 Å². The summed E-state index contributed by atoms with van der Waals surface area (Å²) in [7, 11) is -6.00. The van der Waals surface area contributed by atoms with Gasteiger partial charge in [0.2, 0.25) is 6.34 Å². The average Bonchev–Trinajstić information content (AvgIpc) is 3.52. The molecular formula is C43H39BF4N2. The first kappa shape index (κ1) is 34.4. The van der Waals surface area contributed by atoms with Gasteiger partial charge in [0.15, 0.2) is 12.1 Å². The van der Waals surface area contributed by atoms with Crippen molar-refractivity contribution in [1.82, 2.24) is 4.90 Å². The third-order valence-corrected chi connectivity index (χ3v) is 9.19. The summed E-state index contributed by atoms with van der Waals surface area (Å²) in [6.07, 6.45) is 2.44. The van der Waals surface area contributed by atoms with Crippen molar-refractivity contribution in [2.75, 3.05) is 13.1 Å². The fraction of sp³-hybridized carbons (Fsp3) is 0.140. The fourth-order valence-electron chi connectivity index (χ4n) is 7.04. The molecule has 0 spiro atoms. The first-order valence-electron chi connectivity index (χ1n) is 16.9. The van der Waals surface area contributed by atoms with E-state index in [-0.39, 0.29) is 23.9 Å². The van der Waals surface area contributed by atoms with E-state index in [1.54, 1.807) is 0 Å². The molecular weight excluding hydrogens is 631 g/mol. The van der Waals surface area contributed by atoms with Crippen LogP contribution in [0.2, 0.25) is 0 Å². The lowest BCUT2D eigenvalue weighted by molar-refractivity contribution is -0.565. The van der Waals surface area contributed by atoms with Gasteiger partial charge in [-0.1, -0.05) is 182 Å².